The molecular formula is C15H21BrN2O4S. The number of sulfonamides is 1. The lowest BCUT2D eigenvalue weighted by molar-refractivity contribution is -0.0440. The molecule has 6 nitrogen and oxygen atoms in total. The number of hydrogen-bond acceptors (Lipinski definition) is 4. The summed E-state index contributed by atoms with van der Waals surface area (Å²) in [4.78, 5) is 12.1. The first-order chi connectivity index (χ1) is 10.8. The van der Waals surface area contributed by atoms with Crippen molar-refractivity contribution in [3.8, 4) is 0 Å². The second kappa shape index (κ2) is 7.74. The Morgan fingerprint density at radius 2 is 1.91 bits per heavy atom. The molecule has 1 aromatic rings. The number of nitrogens with zero attached hydrogens (tertiary/aromatic N) is 1. The van der Waals surface area contributed by atoms with Crippen LogP contribution in [-0.4, -0.2) is 56.2 Å². The zero-order valence-corrected chi connectivity index (χ0v) is 15.6. The molecule has 23 heavy (non-hydrogen) atoms. The molecule has 1 aromatic carbocycles. The molecule has 0 aliphatic carbocycles. The van der Waals surface area contributed by atoms with Crippen LogP contribution in [-0.2, 0) is 14.8 Å². The first-order valence-corrected chi connectivity index (χ1v) is 9.86. The van der Waals surface area contributed by atoms with Gasteiger partial charge in [0.2, 0.25) is 10.0 Å². The van der Waals surface area contributed by atoms with E-state index in [2.05, 4.69) is 21.2 Å². The van der Waals surface area contributed by atoms with Gasteiger partial charge in [-0.2, -0.15) is 4.31 Å². The number of ether oxygens (including phenoxy) is 1. The van der Waals surface area contributed by atoms with E-state index < -0.39 is 10.0 Å². The van der Waals surface area contributed by atoms with Crippen LogP contribution >= 0.6 is 15.9 Å². The average molecular weight is 405 g/mol. The Morgan fingerprint density at radius 3 is 2.52 bits per heavy atom. The zero-order chi connectivity index (χ0) is 17.0. The highest BCUT2D eigenvalue weighted by Crippen LogP contribution is 2.16. The number of nitrogens with one attached hydrogen (secondary N) is 1. The summed E-state index contributed by atoms with van der Waals surface area (Å²) in [6.07, 6.45) is -0.244. The molecule has 0 spiro atoms. The topological polar surface area (TPSA) is 75.7 Å². The Balaban J connectivity index is 1.90. The van der Waals surface area contributed by atoms with Crippen LogP contribution in [0.25, 0.3) is 0 Å². The van der Waals surface area contributed by atoms with E-state index in [1.807, 2.05) is 19.9 Å². The van der Waals surface area contributed by atoms with Gasteiger partial charge in [-0.3, -0.25) is 4.79 Å². The van der Waals surface area contributed by atoms with Crippen molar-refractivity contribution in [2.24, 2.45) is 0 Å². The predicted octanol–water partition coefficient (Wildman–Crippen LogP) is 1.62. The molecule has 1 saturated heterocycles. The van der Waals surface area contributed by atoms with Crippen LogP contribution < -0.4 is 5.32 Å². The third-order valence-electron chi connectivity index (χ3n) is 3.54. The van der Waals surface area contributed by atoms with Crippen molar-refractivity contribution >= 4 is 31.9 Å². The van der Waals surface area contributed by atoms with Crippen LogP contribution in [0, 0.1) is 0 Å². The van der Waals surface area contributed by atoms with Crippen molar-refractivity contribution < 1.29 is 17.9 Å². The van der Waals surface area contributed by atoms with Crippen LogP contribution in [0.3, 0.4) is 0 Å². The first kappa shape index (κ1) is 18.4. The van der Waals surface area contributed by atoms with Gasteiger partial charge in [0.1, 0.15) is 0 Å². The van der Waals surface area contributed by atoms with E-state index in [0.717, 1.165) is 0 Å². The van der Waals surface area contributed by atoms with Crippen molar-refractivity contribution in [1.29, 1.82) is 0 Å². The van der Waals surface area contributed by atoms with Gasteiger partial charge in [0.25, 0.3) is 5.91 Å². The zero-order valence-electron chi connectivity index (χ0n) is 13.2. The van der Waals surface area contributed by atoms with Crippen molar-refractivity contribution in [3.63, 3.8) is 0 Å². The Bertz CT molecular complexity index is 655. The van der Waals surface area contributed by atoms with Crippen molar-refractivity contribution in [3.05, 3.63) is 34.3 Å². The molecule has 1 heterocycles. The van der Waals surface area contributed by atoms with E-state index in [4.69, 9.17) is 4.74 Å². The van der Waals surface area contributed by atoms with Gasteiger partial charge in [0, 0.05) is 24.1 Å². The van der Waals surface area contributed by atoms with Gasteiger partial charge in [-0.15, -0.1) is 0 Å². The monoisotopic (exact) mass is 404 g/mol. The molecule has 0 aromatic heterocycles. The van der Waals surface area contributed by atoms with Gasteiger partial charge in [0.05, 0.1) is 23.5 Å². The lowest BCUT2D eigenvalue weighted by Gasteiger charge is -2.34. The molecule has 2 atom stereocenters. The summed E-state index contributed by atoms with van der Waals surface area (Å²) < 4.78 is 32.4. The van der Waals surface area contributed by atoms with E-state index >= 15 is 0 Å². The number of carbonyl (C=O) groups excluding carboxylic acids is 1. The summed E-state index contributed by atoms with van der Waals surface area (Å²) in [6.45, 7) is 4.48. The van der Waals surface area contributed by atoms with Gasteiger partial charge in [0.15, 0.2) is 0 Å². The lowest BCUT2D eigenvalue weighted by Crippen LogP contribution is -2.49. The highest BCUT2D eigenvalue weighted by Gasteiger charge is 2.30. The molecule has 8 heteroatoms. The molecular weight excluding hydrogens is 384 g/mol. The molecule has 1 fully saturated rings. The maximum Gasteiger partial charge on any atom is 0.252 e. The molecule has 1 N–H and O–H groups in total. The smallest absolute Gasteiger partial charge is 0.252 e. The van der Waals surface area contributed by atoms with Gasteiger partial charge >= 0.3 is 0 Å². The lowest BCUT2D eigenvalue weighted by atomic mass is 10.2. The second-order valence-electron chi connectivity index (χ2n) is 5.63. The average Bonchev–Trinajstić information content (AvgIpc) is 2.46. The SMILES string of the molecule is C[C@@H]1CN(S(=O)(=O)CCNC(=O)c2ccccc2Br)C[C@@H](C)O1. The fourth-order valence-electron chi connectivity index (χ4n) is 2.52. The van der Waals surface area contributed by atoms with Crippen molar-refractivity contribution in [1.82, 2.24) is 9.62 Å². The molecule has 0 unspecified atom stereocenters. The van der Waals surface area contributed by atoms with E-state index in [1.54, 1.807) is 18.2 Å². The molecule has 2 rings (SSSR count). The molecule has 128 valence electrons. The fourth-order valence-corrected chi connectivity index (χ4v) is 4.48. The molecule has 1 aliphatic heterocycles. The van der Waals surface area contributed by atoms with Gasteiger partial charge < -0.3 is 10.1 Å². The Labute approximate surface area is 145 Å². The minimum Gasteiger partial charge on any atom is -0.373 e. The summed E-state index contributed by atoms with van der Waals surface area (Å²) in [6, 6.07) is 7.01. The highest BCUT2D eigenvalue weighted by atomic mass is 79.9. The molecule has 0 radical (unpaired) electrons. The first-order valence-electron chi connectivity index (χ1n) is 7.45. The predicted molar refractivity (Wildman–Crippen MR) is 91.8 cm³/mol. The summed E-state index contributed by atoms with van der Waals surface area (Å²) in [7, 11) is -3.41. The van der Waals surface area contributed by atoms with E-state index in [0.29, 0.717) is 23.1 Å². The van der Waals surface area contributed by atoms with Crippen LogP contribution in [0.1, 0.15) is 24.2 Å². The quantitative estimate of drug-likeness (QED) is 0.808. The summed E-state index contributed by atoms with van der Waals surface area (Å²) >= 11 is 3.30. The van der Waals surface area contributed by atoms with E-state index in [-0.39, 0.29) is 30.4 Å². The normalized spacial score (nSPS) is 22.7. The van der Waals surface area contributed by atoms with Crippen LogP contribution in [0.5, 0.6) is 0 Å². The number of amides is 1. The van der Waals surface area contributed by atoms with Crippen LogP contribution in [0.2, 0.25) is 0 Å². The number of hydrogen-bond donors (Lipinski definition) is 1. The van der Waals surface area contributed by atoms with Crippen LogP contribution in [0.4, 0.5) is 0 Å². The van der Waals surface area contributed by atoms with Gasteiger partial charge in [-0.1, -0.05) is 12.1 Å². The van der Waals surface area contributed by atoms with E-state index in [9.17, 15) is 13.2 Å². The maximum atomic E-state index is 12.4. The largest absolute Gasteiger partial charge is 0.373 e. The van der Waals surface area contributed by atoms with Gasteiger partial charge in [-0.05, 0) is 41.9 Å². The number of carbonyl (C=O) groups is 1. The highest BCUT2D eigenvalue weighted by molar-refractivity contribution is 9.10. The maximum absolute atomic E-state index is 12.4. The molecule has 0 bridgehead atoms. The Morgan fingerprint density at radius 1 is 1.30 bits per heavy atom. The number of rotatable bonds is 5. The third kappa shape index (κ3) is 5.00. The minimum atomic E-state index is -3.41. The van der Waals surface area contributed by atoms with Crippen LogP contribution in [0.15, 0.2) is 28.7 Å². The fraction of sp³-hybridized carbons (Fsp3) is 0.533. The number of benzene rings is 1. The minimum absolute atomic E-state index is 0.0720. The summed E-state index contributed by atoms with van der Waals surface area (Å²) in [5.74, 6) is -0.417. The van der Waals surface area contributed by atoms with Gasteiger partial charge in [-0.25, -0.2) is 8.42 Å². The molecule has 0 saturated carbocycles. The van der Waals surface area contributed by atoms with E-state index in [1.165, 1.54) is 4.31 Å². The number of halogens is 1. The molecule has 1 amide bonds. The standard InChI is InChI=1S/C15H21BrN2O4S/c1-11-9-18(10-12(2)22-11)23(20,21)8-7-17-15(19)13-5-3-4-6-14(13)16/h3-6,11-12H,7-10H2,1-2H3,(H,17,19)/t11-,12-/m1/s1. The molecule has 1 aliphatic rings. The summed E-state index contributed by atoms with van der Waals surface area (Å²) in [5, 5.41) is 2.65. The second-order valence-corrected chi connectivity index (χ2v) is 8.57. The third-order valence-corrected chi connectivity index (χ3v) is 6.04. The Kier molecular flexibility index (Phi) is 6.19. The van der Waals surface area contributed by atoms with Crippen molar-refractivity contribution in [2.75, 3.05) is 25.4 Å². The Hall–Kier alpha value is -0.960. The van der Waals surface area contributed by atoms with Crippen molar-refractivity contribution in [2.45, 2.75) is 26.1 Å². The summed E-state index contributed by atoms with van der Waals surface area (Å²) in [5.41, 5.74) is 0.485. The number of morpholine rings is 1.